The molecule has 2 heterocycles. The van der Waals surface area contributed by atoms with Gasteiger partial charge in [-0.25, -0.2) is 9.67 Å². The van der Waals surface area contributed by atoms with Crippen molar-refractivity contribution in [3.63, 3.8) is 0 Å². The van der Waals surface area contributed by atoms with Crippen molar-refractivity contribution in [2.75, 3.05) is 5.32 Å². The number of carbonyl (C=O) groups is 1. The van der Waals surface area contributed by atoms with Gasteiger partial charge in [-0.15, -0.1) is 5.10 Å². The molecule has 4 rings (SSSR count). The highest BCUT2D eigenvalue weighted by atomic mass is 35.5. The van der Waals surface area contributed by atoms with E-state index in [0.29, 0.717) is 22.9 Å². The highest BCUT2D eigenvalue weighted by molar-refractivity contribution is 6.30. The number of anilines is 1. The Hall–Kier alpha value is -3.52. The normalized spacial score (nSPS) is 11.0. The van der Waals surface area contributed by atoms with E-state index in [4.69, 9.17) is 11.6 Å². The molecule has 29 heavy (non-hydrogen) atoms. The molecule has 146 valence electrons. The molecule has 8 nitrogen and oxygen atoms in total. The van der Waals surface area contributed by atoms with Crippen LogP contribution in [0.25, 0.3) is 11.2 Å². The maximum Gasteiger partial charge on any atom is 0.283 e. The first-order valence-corrected chi connectivity index (χ1v) is 9.27. The van der Waals surface area contributed by atoms with Crippen molar-refractivity contribution in [3.05, 3.63) is 81.4 Å². The van der Waals surface area contributed by atoms with Gasteiger partial charge in [-0.1, -0.05) is 46.6 Å². The van der Waals surface area contributed by atoms with Crippen molar-refractivity contribution in [2.45, 2.75) is 20.0 Å². The first-order chi connectivity index (χ1) is 14.0. The maximum atomic E-state index is 12.7. The number of fused-ring (bicyclic) bond motifs is 1. The van der Waals surface area contributed by atoms with Gasteiger partial charge in [0.25, 0.3) is 5.56 Å². The van der Waals surface area contributed by atoms with Crippen molar-refractivity contribution in [1.82, 2.24) is 24.5 Å². The van der Waals surface area contributed by atoms with E-state index in [2.05, 4.69) is 20.6 Å². The summed E-state index contributed by atoms with van der Waals surface area (Å²) >= 11 is 5.83. The number of rotatable bonds is 5. The fraction of sp³-hybridized carbons (Fsp3) is 0.150. The topological polar surface area (TPSA) is 94.7 Å². The zero-order valence-corrected chi connectivity index (χ0v) is 16.3. The van der Waals surface area contributed by atoms with Crippen LogP contribution >= 0.6 is 11.6 Å². The van der Waals surface area contributed by atoms with Crippen LogP contribution < -0.4 is 10.9 Å². The number of aryl methyl sites for hydroxylation is 1. The van der Waals surface area contributed by atoms with Gasteiger partial charge >= 0.3 is 0 Å². The number of hydrogen-bond acceptors (Lipinski definition) is 5. The van der Waals surface area contributed by atoms with E-state index in [1.165, 1.54) is 10.9 Å². The number of hydrogen-bond donors (Lipinski definition) is 1. The van der Waals surface area contributed by atoms with Crippen molar-refractivity contribution in [1.29, 1.82) is 0 Å². The number of carbonyl (C=O) groups excluding carboxylic acids is 1. The molecule has 0 aliphatic rings. The molecule has 0 atom stereocenters. The van der Waals surface area contributed by atoms with Gasteiger partial charge in [0.1, 0.15) is 12.9 Å². The van der Waals surface area contributed by atoms with Gasteiger partial charge in [-0.2, -0.15) is 0 Å². The van der Waals surface area contributed by atoms with Crippen LogP contribution in [0.15, 0.2) is 59.7 Å². The van der Waals surface area contributed by atoms with E-state index in [9.17, 15) is 9.59 Å². The van der Waals surface area contributed by atoms with E-state index < -0.39 is 5.56 Å². The van der Waals surface area contributed by atoms with Crippen LogP contribution in [0.4, 0.5) is 5.69 Å². The van der Waals surface area contributed by atoms with Crippen molar-refractivity contribution >= 4 is 34.4 Å². The molecular weight excluding hydrogens is 392 g/mol. The lowest BCUT2D eigenvalue weighted by Gasteiger charge is -2.07. The van der Waals surface area contributed by atoms with Crippen molar-refractivity contribution < 1.29 is 4.79 Å². The van der Waals surface area contributed by atoms with Gasteiger partial charge in [0.2, 0.25) is 5.91 Å². The summed E-state index contributed by atoms with van der Waals surface area (Å²) in [6.45, 7) is 2.28. The Balaban J connectivity index is 1.53. The Morgan fingerprint density at radius 3 is 2.55 bits per heavy atom. The Morgan fingerprint density at radius 2 is 1.83 bits per heavy atom. The molecular formula is C20H17ClN6O2. The summed E-state index contributed by atoms with van der Waals surface area (Å²) in [7, 11) is 0. The van der Waals surface area contributed by atoms with Crippen LogP contribution in [-0.2, 0) is 17.9 Å². The quantitative estimate of drug-likeness (QED) is 0.547. The van der Waals surface area contributed by atoms with E-state index in [0.717, 1.165) is 11.1 Å². The number of benzene rings is 2. The minimum atomic E-state index is -0.420. The lowest BCUT2D eigenvalue weighted by molar-refractivity contribution is -0.116. The number of nitrogens with zero attached hydrogens (tertiary/aromatic N) is 5. The van der Waals surface area contributed by atoms with Gasteiger partial charge in [0.05, 0.1) is 6.54 Å². The summed E-state index contributed by atoms with van der Waals surface area (Å²) in [6, 6.07) is 14.7. The molecule has 1 N–H and O–H groups in total. The van der Waals surface area contributed by atoms with Crippen LogP contribution in [-0.4, -0.2) is 30.5 Å². The van der Waals surface area contributed by atoms with Gasteiger partial charge in [-0.05, 0) is 36.8 Å². The van der Waals surface area contributed by atoms with Gasteiger partial charge < -0.3 is 5.32 Å². The van der Waals surface area contributed by atoms with E-state index >= 15 is 0 Å². The summed E-state index contributed by atoms with van der Waals surface area (Å²) in [6.07, 6.45) is 1.33. The van der Waals surface area contributed by atoms with Crippen LogP contribution in [0.2, 0.25) is 5.02 Å². The average Bonchev–Trinajstić information content (AvgIpc) is 3.11. The zero-order chi connectivity index (χ0) is 20.4. The van der Waals surface area contributed by atoms with Crippen molar-refractivity contribution in [2.24, 2.45) is 0 Å². The Labute approximate surface area is 170 Å². The third-order valence-corrected chi connectivity index (χ3v) is 4.64. The number of aromatic nitrogens is 5. The molecule has 1 amide bonds. The standard InChI is InChI=1S/C20H17ClN6O2/c1-13-2-4-14(5-3-13)10-27-19-18(24-25-27)20(29)26(12-22-19)11-17(28)23-16-8-6-15(21)7-9-16/h2-9,12H,10-11H2,1H3,(H,23,28). The number of nitrogens with one attached hydrogen (secondary N) is 1. The summed E-state index contributed by atoms with van der Waals surface area (Å²) in [5.41, 5.74) is 2.86. The van der Waals surface area contributed by atoms with Gasteiger partial charge in [0, 0.05) is 10.7 Å². The van der Waals surface area contributed by atoms with E-state index in [-0.39, 0.29) is 18.0 Å². The van der Waals surface area contributed by atoms with E-state index in [1.807, 2.05) is 31.2 Å². The highest BCUT2D eigenvalue weighted by Gasteiger charge is 2.14. The summed E-state index contributed by atoms with van der Waals surface area (Å²) in [5, 5.41) is 11.3. The minimum absolute atomic E-state index is 0.124. The smallest absolute Gasteiger partial charge is 0.283 e. The molecule has 0 aliphatic carbocycles. The molecule has 4 aromatic rings. The molecule has 2 aromatic carbocycles. The second-order valence-electron chi connectivity index (χ2n) is 6.64. The molecule has 0 radical (unpaired) electrons. The maximum absolute atomic E-state index is 12.7. The first kappa shape index (κ1) is 18.8. The molecule has 0 saturated heterocycles. The SMILES string of the molecule is Cc1ccc(Cn2nnc3c(=O)n(CC(=O)Nc4ccc(Cl)cc4)cnc32)cc1. The monoisotopic (exact) mass is 408 g/mol. The molecule has 9 heteroatoms. The van der Waals surface area contributed by atoms with Crippen LogP contribution in [0.1, 0.15) is 11.1 Å². The van der Waals surface area contributed by atoms with Crippen LogP contribution in [0.3, 0.4) is 0 Å². The lowest BCUT2D eigenvalue weighted by atomic mass is 10.1. The Morgan fingerprint density at radius 1 is 1.10 bits per heavy atom. The Kier molecular flexibility index (Phi) is 5.09. The summed E-state index contributed by atoms with van der Waals surface area (Å²) in [5.74, 6) is -0.359. The molecule has 0 aliphatic heterocycles. The molecule has 0 spiro atoms. The number of amides is 1. The average molecular weight is 409 g/mol. The van der Waals surface area contributed by atoms with Gasteiger partial charge in [-0.3, -0.25) is 14.2 Å². The highest BCUT2D eigenvalue weighted by Crippen LogP contribution is 2.13. The fourth-order valence-electron chi connectivity index (χ4n) is 2.86. The molecule has 0 bridgehead atoms. The third kappa shape index (κ3) is 4.17. The zero-order valence-electron chi connectivity index (χ0n) is 15.5. The molecule has 0 saturated carbocycles. The molecule has 0 unspecified atom stereocenters. The second kappa shape index (κ2) is 7.84. The fourth-order valence-corrected chi connectivity index (χ4v) is 2.99. The molecule has 0 fully saturated rings. The summed E-state index contributed by atoms with van der Waals surface area (Å²) in [4.78, 5) is 29.2. The largest absolute Gasteiger partial charge is 0.325 e. The van der Waals surface area contributed by atoms with Crippen LogP contribution in [0.5, 0.6) is 0 Å². The second-order valence-corrected chi connectivity index (χ2v) is 7.07. The predicted molar refractivity (Wildman–Crippen MR) is 110 cm³/mol. The summed E-state index contributed by atoms with van der Waals surface area (Å²) < 4.78 is 2.78. The van der Waals surface area contributed by atoms with Crippen molar-refractivity contribution in [3.8, 4) is 0 Å². The number of halogens is 1. The van der Waals surface area contributed by atoms with E-state index in [1.54, 1.807) is 28.9 Å². The third-order valence-electron chi connectivity index (χ3n) is 4.39. The minimum Gasteiger partial charge on any atom is -0.325 e. The molecule has 2 aromatic heterocycles. The lowest BCUT2D eigenvalue weighted by Crippen LogP contribution is -2.28. The Bertz CT molecular complexity index is 1230. The van der Waals surface area contributed by atoms with Crippen LogP contribution in [0, 0.1) is 6.92 Å². The van der Waals surface area contributed by atoms with Gasteiger partial charge in [0.15, 0.2) is 11.2 Å². The first-order valence-electron chi connectivity index (χ1n) is 8.89. The predicted octanol–water partition coefficient (Wildman–Crippen LogP) is 2.64.